The second-order valence-corrected chi connectivity index (χ2v) is 8.96. The number of carbonyl (C=O) groups excluding carboxylic acids is 2. The molecule has 0 aliphatic carbocycles. The number of rotatable bonds is 7. The molecular formula is C23H19Cl3F6N2O2. The minimum atomic E-state index is -4.67. The van der Waals surface area contributed by atoms with Crippen molar-refractivity contribution >= 4 is 52.7 Å². The maximum atomic E-state index is 13.7. The van der Waals surface area contributed by atoms with Crippen molar-refractivity contribution in [3.05, 3.63) is 73.7 Å². The van der Waals surface area contributed by atoms with Gasteiger partial charge in [-0.3, -0.25) is 9.59 Å². The lowest BCUT2D eigenvalue weighted by atomic mass is 9.96. The van der Waals surface area contributed by atoms with Crippen LogP contribution in [0.25, 0.3) is 6.08 Å². The van der Waals surface area contributed by atoms with E-state index in [1.165, 1.54) is 31.2 Å². The zero-order valence-electron chi connectivity index (χ0n) is 18.6. The Morgan fingerprint density at radius 1 is 0.972 bits per heavy atom. The van der Waals surface area contributed by atoms with Crippen molar-refractivity contribution in [3.63, 3.8) is 0 Å². The van der Waals surface area contributed by atoms with Gasteiger partial charge in [-0.1, -0.05) is 59.1 Å². The number of carbonyl (C=O) groups is 2. The predicted molar refractivity (Wildman–Crippen MR) is 126 cm³/mol. The van der Waals surface area contributed by atoms with Crippen LogP contribution in [0, 0.1) is 6.92 Å². The van der Waals surface area contributed by atoms with Gasteiger partial charge in [0, 0.05) is 5.56 Å². The van der Waals surface area contributed by atoms with Gasteiger partial charge in [0.1, 0.15) is 6.04 Å². The minimum absolute atomic E-state index is 0.0659. The molecular weight excluding hydrogens is 557 g/mol. The van der Waals surface area contributed by atoms with Gasteiger partial charge in [-0.15, -0.1) is 0 Å². The van der Waals surface area contributed by atoms with Crippen LogP contribution in [-0.4, -0.2) is 36.8 Å². The van der Waals surface area contributed by atoms with Gasteiger partial charge in [0.2, 0.25) is 5.91 Å². The maximum absolute atomic E-state index is 13.7. The van der Waals surface area contributed by atoms with Crippen LogP contribution in [0.2, 0.25) is 15.1 Å². The average Bonchev–Trinajstić information content (AvgIpc) is 2.74. The highest BCUT2D eigenvalue weighted by Gasteiger charge is 2.39. The number of hydrogen-bond donors (Lipinski definition) is 2. The molecule has 2 unspecified atom stereocenters. The summed E-state index contributed by atoms with van der Waals surface area (Å²) in [5, 5.41) is 3.59. The number of benzene rings is 2. The molecule has 0 fully saturated rings. The Balaban J connectivity index is 2.15. The topological polar surface area (TPSA) is 58.2 Å². The summed E-state index contributed by atoms with van der Waals surface area (Å²) in [4.78, 5) is 24.0. The van der Waals surface area contributed by atoms with Crippen molar-refractivity contribution in [1.82, 2.24) is 10.6 Å². The summed E-state index contributed by atoms with van der Waals surface area (Å²) < 4.78 is 78.6. The first-order valence-corrected chi connectivity index (χ1v) is 11.3. The molecule has 196 valence electrons. The number of halogens is 9. The second-order valence-electron chi connectivity index (χ2n) is 7.76. The fraction of sp³-hybridized carbons (Fsp3) is 0.304. The number of allylic oxidation sites excluding steroid dienone is 1. The zero-order valence-corrected chi connectivity index (χ0v) is 20.9. The molecule has 0 bridgehead atoms. The van der Waals surface area contributed by atoms with E-state index in [1.54, 1.807) is 5.32 Å². The first kappa shape index (κ1) is 29.8. The summed E-state index contributed by atoms with van der Waals surface area (Å²) in [6, 6.07) is 4.19. The molecule has 0 heterocycles. The van der Waals surface area contributed by atoms with Gasteiger partial charge in [0.15, 0.2) is 0 Å². The molecule has 13 heteroatoms. The van der Waals surface area contributed by atoms with Crippen molar-refractivity contribution in [2.45, 2.75) is 38.2 Å². The number of nitrogens with one attached hydrogen (secondary N) is 2. The van der Waals surface area contributed by atoms with Crippen LogP contribution in [0.1, 0.15) is 39.9 Å². The van der Waals surface area contributed by atoms with Crippen molar-refractivity contribution in [2.75, 3.05) is 6.54 Å². The van der Waals surface area contributed by atoms with Crippen LogP contribution >= 0.6 is 34.8 Å². The van der Waals surface area contributed by atoms with E-state index in [1.807, 2.05) is 0 Å². The van der Waals surface area contributed by atoms with E-state index < -0.39 is 42.7 Å². The van der Waals surface area contributed by atoms with Crippen LogP contribution in [0.5, 0.6) is 0 Å². The third kappa shape index (κ3) is 8.04. The number of amides is 2. The summed E-state index contributed by atoms with van der Waals surface area (Å²) in [6.45, 7) is 1.58. The minimum Gasteiger partial charge on any atom is -0.343 e. The fourth-order valence-corrected chi connectivity index (χ4v) is 3.66. The summed E-state index contributed by atoms with van der Waals surface area (Å²) in [5.74, 6) is -3.83. The zero-order chi connectivity index (χ0) is 27.4. The van der Waals surface area contributed by atoms with E-state index in [4.69, 9.17) is 34.8 Å². The highest BCUT2D eigenvalue weighted by molar-refractivity contribution is 6.48. The summed E-state index contributed by atoms with van der Waals surface area (Å²) in [7, 11) is 0. The largest absolute Gasteiger partial charge is 0.408 e. The van der Waals surface area contributed by atoms with Gasteiger partial charge in [-0.25, -0.2) is 0 Å². The summed E-state index contributed by atoms with van der Waals surface area (Å²) >= 11 is 17.6. The van der Waals surface area contributed by atoms with E-state index in [2.05, 4.69) is 5.32 Å². The van der Waals surface area contributed by atoms with Crippen molar-refractivity contribution in [1.29, 1.82) is 0 Å². The molecule has 2 N–H and O–H groups in total. The Hall–Kier alpha value is -2.43. The van der Waals surface area contributed by atoms with Crippen LogP contribution < -0.4 is 10.6 Å². The normalized spacial score (nSPS) is 14.0. The molecule has 2 aromatic rings. The number of hydrogen-bond acceptors (Lipinski definition) is 2. The molecule has 0 aliphatic heterocycles. The summed E-state index contributed by atoms with van der Waals surface area (Å²) in [5.41, 5.74) is 0.567. The summed E-state index contributed by atoms with van der Waals surface area (Å²) in [6.07, 6.45) is -7.20. The van der Waals surface area contributed by atoms with Crippen LogP contribution in [0.15, 0.2) is 36.4 Å². The highest BCUT2D eigenvalue weighted by Crippen LogP contribution is 2.41. The quantitative estimate of drug-likeness (QED) is 0.273. The lowest BCUT2D eigenvalue weighted by Crippen LogP contribution is -2.47. The Labute approximate surface area is 217 Å². The van der Waals surface area contributed by atoms with Gasteiger partial charge in [0.05, 0.1) is 27.5 Å². The number of aryl methyl sites for hydroxylation is 1. The Kier molecular flexibility index (Phi) is 9.72. The molecule has 0 saturated heterocycles. The Morgan fingerprint density at radius 3 is 2.06 bits per heavy atom. The lowest BCUT2D eigenvalue weighted by Gasteiger charge is -2.18. The van der Waals surface area contributed by atoms with Gasteiger partial charge < -0.3 is 10.6 Å². The van der Waals surface area contributed by atoms with E-state index in [0.29, 0.717) is 11.1 Å². The smallest absolute Gasteiger partial charge is 0.343 e. The molecule has 0 aliphatic rings. The van der Waals surface area contributed by atoms with Crippen molar-refractivity contribution in [2.24, 2.45) is 0 Å². The van der Waals surface area contributed by atoms with Gasteiger partial charge in [-0.2, -0.15) is 26.3 Å². The highest BCUT2D eigenvalue weighted by atomic mass is 35.5. The molecule has 0 saturated carbocycles. The molecule has 2 amide bonds. The van der Waals surface area contributed by atoms with Gasteiger partial charge in [0.25, 0.3) is 5.91 Å². The van der Waals surface area contributed by atoms with Crippen LogP contribution in [-0.2, 0) is 4.79 Å². The molecule has 0 radical (unpaired) electrons. The molecule has 0 aromatic heterocycles. The maximum Gasteiger partial charge on any atom is 0.408 e. The van der Waals surface area contributed by atoms with E-state index in [-0.39, 0.29) is 26.2 Å². The van der Waals surface area contributed by atoms with Crippen molar-refractivity contribution in [3.8, 4) is 0 Å². The molecule has 36 heavy (non-hydrogen) atoms. The van der Waals surface area contributed by atoms with Crippen molar-refractivity contribution < 1.29 is 35.9 Å². The van der Waals surface area contributed by atoms with Gasteiger partial charge in [-0.05, 0) is 48.7 Å². The number of alkyl halides is 6. The molecule has 0 spiro atoms. The monoisotopic (exact) mass is 574 g/mol. The second kappa shape index (κ2) is 11.7. The SMILES string of the molecule is Cc1cc(/C=C/C(c2cc(Cl)c(Cl)c(Cl)c2)C(F)(F)F)ccc1C(=O)NCC(=O)NC(C)C(F)(F)F. The van der Waals surface area contributed by atoms with E-state index in [0.717, 1.165) is 25.1 Å². The standard InChI is InChI=1S/C23H19Cl3F6N2O2/c1-11-7-13(3-5-15(11)21(36)33-10-19(35)34-12(2)22(27,28)29)4-6-16(23(30,31)32)14-8-17(24)20(26)18(25)9-14/h3-9,12,16H,10H2,1-2H3,(H,33,36)(H,34,35)/b6-4+. The van der Waals surface area contributed by atoms with E-state index >= 15 is 0 Å². The molecule has 4 nitrogen and oxygen atoms in total. The van der Waals surface area contributed by atoms with E-state index in [9.17, 15) is 35.9 Å². The Bertz CT molecular complexity index is 1140. The third-order valence-electron chi connectivity index (χ3n) is 4.97. The van der Waals surface area contributed by atoms with Crippen LogP contribution in [0.3, 0.4) is 0 Å². The fourth-order valence-electron chi connectivity index (χ4n) is 3.05. The third-order valence-corrected chi connectivity index (χ3v) is 6.17. The Morgan fingerprint density at radius 2 is 1.56 bits per heavy atom. The lowest BCUT2D eigenvalue weighted by molar-refractivity contribution is -0.157. The molecule has 2 aromatic carbocycles. The molecule has 2 rings (SSSR count). The molecule has 2 atom stereocenters. The predicted octanol–water partition coefficient (Wildman–Crippen LogP) is 7.11. The average molecular weight is 576 g/mol. The first-order chi connectivity index (χ1) is 16.5. The van der Waals surface area contributed by atoms with Gasteiger partial charge >= 0.3 is 12.4 Å². The van der Waals surface area contributed by atoms with Crippen LogP contribution in [0.4, 0.5) is 26.3 Å². The first-order valence-electron chi connectivity index (χ1n) is 10.1.